The molecule has 0 amide bonds. The Kier molecular flexibility index (Phi) is 3.50. The Morgan fingerprint density at radius 3 is 1.13 bits per heavy atom. The molecule has 0 heterocycles. The molecule has 0 atom stereocenters. The van der Waals surface area contributed by atoms with E-state index in [1.54, 1.807) is 0 Å². The molecule has 6 aromatic carbocycles. The van der Waals surface area contributed by atoms with Crippen LogP contribution in [-0.4, -0.2) is 0 Å². The Balaban J connectivity index is 1.71. The molecule has 0 spiro atoms. The van der Waals surface area contributed by atoms with E-state index < -0.39 is 0 Å². The third-order valence-electron chi connectivity index (χ3n) is 6.11. The van der Waals surface area contributed by atoms with Crippen LogP contribution in [0, 0.1) is 0 Å². The second-order valence-electron chi connectivity index (χ2n) is 7.89. The van der Waals surface area contributed by atoms with Crippen molar-refractivity contribution in [2.24, 2.45) is 0 Å². The lowest BCUT2D eigenvalue weighted by molar-refractivity contribution is 1.64. The van der Waals surface area contributed by atoms with Gasteiger partial charge in [-0.2, -0.15) is 0 Å². The Labute approximate surface area is 174 Å². The Morgan fingerprint density at radius 1 is 0.367 bits per heavy atom. The highest BCUT2D eigenvalue weighted by Gasteiger charge is 2.14. The quantitative estimate of drug-likeness (QED) is 0.247. The number of nitrogen functional groups attached to an aromatic ring is 2. The van der Waals surface area contributed by atoms with Crippen molar-refractivity contribution in [2.75, 3.05) is 11.5 Å². The first kappa shape index (κ1) is 16.9. The van der Waals surface area contributed by atoms with Crippen LogP contribution >= 0.6 is 0 Å². The van der Waals surface area contributed by atoms with Gasteiger partial charge in [0, 0.05) is 11.4 Å². The lowest BCUT2D eigenvalue weighted by Gasteiger charge is -2.16. The van der Waals surface area contributed by atoms with Crippen LogP contribution in [-0.2, 0) is 0 Å². The second-order valence-corrected chi connectivity index (χ2v) is 7.89. The molecular formula is C28H20N2. The summed E-state index contributed by atoms with van der Waals surface area (Å²) >= 11 is 0. The van der Waals surface area contributed by atoms with Crippen molar-refractivity contribution in [3.05, 3.63) is 97.1 Å². The van der Waals surface area contributed by atoms with Crippen molar-refractivity contribution in [3.63, 3.8) is 0 Å². The van der Waals surface area contributed by atoms with E-state index in [1.807, 2.05) is 24.3 Å². The number of rotatable bonds is 2. The van der Waals surface area contributed by atoms with Crippen LogP contribution in [0.2, 0.25) is 0 Å². The molecule has 6 rings (SSSR count). The van der Waals surface area contributed by atoms with Gasteiger partial charge in [-0.25, -0.2) is 0 Å². The van der Waals surface area contributed by atoms with E-state index in [2.05, 4.69) is 72.8 Å². The zero-order valence-electron chi connectivity index (χ0n) is 16.4. The van der Waals surface area contributed by atoms with Gasteiger partial charge in [-0.05, 0) is 78.8 Å². The van der Waals surface area contributed by atoms with E-state index >= 15 is 0 Å². The van der Waals surface area contributed by atoms with Gasteiger partial charge < -0.3 is 11.5 Å². The van der Waals surface area contributed by atoms with Crippen molar-refractivity contribution < 1.29 is 0 Å². The number of anilines is 2. The predicted molar refractivity (Wildman–Crippen MR) is 130 cm³/mol. The minimum atomic E-state index is 0.782. The molecule has 0 aliphatic carbocycles. The predicted octanol–water partition coefficient (Wildman–Crippen LogP) is 7.08. The first-order valence-electron chi connectivity index (χ1n) is 10.1. The zero-order chi connectivity index (χ0) is 20.2. The van der Waals surface area contributed by atoms with Gasteiger partial charge in [0.15, 0.2) is 0 Å². The van der Waals surface area contributed by atoms with Crippen molar-refractivity contribution in [1.82, 2.24) is 0 Å². The average Bonchev–Trinajstić information content (AvgIpc) is 2.78. The minimum Gasteiger partial charge on any atom is -0.399 e. The number of hydrogen-bond donors (Lipinski definition) is 2. The topological polar surface area (TPSA) is 52.0 Å². The maximum Gasteiger partial charge on any atom is 0.0314 e. The summed E-state index contributed by atoms with van der Waals surface area (Å²) in [7, 11) is 0. The van der Waals surface area contributed by atoms with Crippen molar-refractivity contribution >= 4 is 43.7 Å². The summed E-state index contributed by atoms with van der Waals surface area (Å²) in [6, 6.07) is 34.1. The van der Waals surface area contributed by atoms with Crippen molar-refractivity contribution in [1.29, 1.82) is 0 Å². The molecule has 30 heavy (non-hydrogen) atoms. The van der Waals surface area contributed by atoms with Crippen LogP contribution < -0.4 is 11.5 Å². The van der Waals surface area contributed by atoms with E-state index in [4.69, 9.17) is 11.5 Å². The van der Waals surface area contributed by atoms with Gasteiger partial charge in [0.25, 0.3) is 0 Å². The fourth-order valence-corrected chi connectivity index (χ4v) is 4.63. The van der Waals surface area contributed by atoms with Crippen LogP contribution in [0.4, 0.5) is 11.4 Å². The lowest BCUT2D eigenvalue weighted by atomic mass is 9.87. The number of benzene rings is 6. The highest BCUT2D eigenvalue weighted by atomic mass is 14.5. The smallest absolute Gasteiger partial charge is 0.0314 e. The standard InChI is InChI=1S/C28H20N2/c29-21-9-1-17(2-10-21)23-13-5-19-8-16-26-24(18-3-11-22(30)12-4-18)14-6-20-7-15-25(23)27(19)28(20)26/h1-16H,29-30H2. The minimum absolute atomic E-state index is 0.782. The Hall–Kier alpha value is -4.04. The summed E-state index contributed by atoms with van der Waals surface area (Å²) in [6.45, 7) is 0. The zero-order valence-corrected chi connectivity index (χ0v) is 16.4. The molecule has 6 aromatic rings. The highest BCUT2D eigenvalue weighted by molar-refractivity contribution is 6.27. The van der Waals surface area contributed by atoms with Crippen LogP contribution in [0.25, 0.3) is 54.6 Å². The Bertz CT molecular complexity index is 1410. The van der Waals surface area contributed by atoms with E-state index in [1.165, 1.54) is 54.6 Å². The van der Waals surface area contributed by atoms with Crippen LogP contribution in [0.5, 0.6) is 0 Å². The van der Waals surface area contributed by atoms with E-state index in [0.29, 0.717) is 0 Å². The van der Waals surface area contributed by atoms with E-state index in [0.717, 1.165) is 11.4 Å². The molecule has 0 radical (unpaired) electrons. The molecule has 0 unspecified atom stereocenters. The third-order valence-corrected chi connectivity index (χ3v) is 6.11. The molecule has 0 aliphatic heterocycles. The molecular weight excluding hydrogens is 364 g/mol. The summed E-state index contributed by atoms with van der Waals surface area (Å²) in [5.41, 5.74) is 18.2. The van der Waals surface area contributed by atoms with Crippen molar-refractivity contribution in [3.8, 4) is 22.3 Å². The fourth-order valence-electron chi connectivity index (χ4n) is 4.63. The summed E-state index contributed by atoms with van der Waals surface area (Å²) < 4.78 is 0. The summed E-state index contributed by atoms with van der Waals surface area (Å²) in [5, 5.41) is 7.69. The van der Waals surface area contributed by atoms with Gasteiger partial charge in [-0.3, -0.25) is 0 Å². The molecule has 0 fully saturated rings. The van der Waals surface area contributed by atoms with Crippen LogP contribution in [0.3, 0.4) is 0 Å². The van der Waals surface area contributed by atoms with Gasteiger partial charge in [-0.1, -0.05) is 72.8 Å². The van der Waals surface area contributed by atoms with Crippen molar-refractivity contribution in [2.45, 2.75) is 0 Å². The van der Waals surface area contributed by atoms with Gasteiger partial charge >= 0.3 is 0 Å². The van der Waals surface area contributed by atoms with Gasteiger partial charge in [0.05, 0.1) is 0 Å². The molecule has 4 N–H and O–H groups in total. The summed E-state index contributed by atoms with van der Waals surface area (Å²) in [6.07, 6.45) is 0. The molecule has 0 saturated carbocycles. The normalized spacial score (nSPS) is 11.6. The SMILES string of the molecule is Nc1ccc(-c2ccc3ccc4c(-c5ccc(N)cc5)ccc5ccc2c3c54)cc1. The second kappa shape index (κ2) is 6.23. The number of hydrogen-bond acceptors (Lipinski definition) is 2. The molecule has 0 aliphatic rings. The average molecular weight is 384 g/mol. The molecule has 2 heteroatoms. The molecule has 0 aromatic heterocycles. The molecule has 0 bridgehead atoms. The lowest BCUT2D eigenvalue weighted by Crippen LogP contribution is -1.90. The highest BCUT2D eigenvalue weighted by Crippen LogP contribution is 2.42. The van der Waals surface area contributed by atoms with E-state index in [9.17, 15) is 0 Å². The van der Waals surface area contributed by atoms with Gasteiger partial charge in [0.2, 0.25) is 0 Å². The summed E-state index contributed by atoms with van der Waals surface area (Å²) in [4.78, 5) is 0. The molecule has 142 valence electrons. The largest absolute Gasteiger partial charge is 0.399 e. The Morgan fingerprint density at radius 2 is 0.733 bits per heavy atom. The van der Waals surface area contributed by atoms with E-state index in [-0.39, 0.29) is 0 Å². The molecule has 0 saturated heterocycles. The van der Waals surface area contributed by atoms with Crippen LogP contribution in [0.15, 0.2) is 97.1 Å². The molecule has 2 nitrogen and oxygen atoms in total. The van der Waals surface area contributed by atoms with Gasteiger partial charge in [0.1, 0.15) is 0 Å². The fraction of sp³-hybridized carbons (Fsp3) is 0. The van der Waals surface area contributed by atoms with Crippen LogP contribution in [0.1, 0.15) is 0 Å². The summed E-state index contributed by atoms with van der Waals surface area (Å²) in [5.74, 6) is 0. The van der Waals surface area contributed by atoms with Gasteiger partial charge in [-0.15, -0.1) is 0 Å². The first-order valence-corrected chi connectivity index (χ1v) is 10.1. The maximum absolute atomic E-state index is 5.91. The monoisotopic (exact) mass is 384 g/mol. The third kappa shape index (κ3) is 2.44. The first-order chi connectivity index (χ1) is 14.7. The maximum atomic E-state index is 5.91. The number of nitrogens with two attached hydrogens (primary N) is 2.